The zero-order valence-corrected chi connectivity index (χ0v) is 13.7. The van der Waals surface area contributed by atoms with Crippen LogP contribution in [0.25, 0.3) is 0 Å². The second-order valence-corrected chi connectivity index (χ2v) is 7.93. The minimum Gasteiger partial charge on any atom is -0.480 e. The van der Waals surface area contributed by atoms with E-state index < -0.39 is 34.0 Å². The van der Waals surface area contributed by atoms with E-state index in [1.165, 1.54) is 4.90 Å². The van der Waals surface area contributed by atoms with Crippen LogP contribution in [0.3, 0.4) is 0 Å². The van der Waals surface area contributed by atoms with Crippen molar-refractivity contribution in [2.24, 2.45) is 11.8 Å². The number of carboxylic acid groups (broad SMARTS) is 1. The lowest BCUT2D eigenvalue weighted by atomic mass is 10.0. The highest BCUT2D eigenvalue weighted by atomic mass is 32.2. The Balaban J connectivity index is 2.96. The van der Waals surface area contributed by atoms with E-state index in [1.807, 2.05) is 13.8 Å². The fourth-order valence-corrected chi connectivity index (χ4v) is 3.41. The average molecular weight is 320 g/mol. The van der Waals surface area contributed by atoms with Crippen molar-refractivity contribution >= 4 is 21.9 Å². The molecule has 0 aromatic carbocycles. The van der Waals surface area contributed by atoms with Crippen molar-refractivity contribution in [2.45, 2.75) is 45.7 Å². The van der Waals surface area contributed by atoms with Gasteiger partial charge in [-0.2, -0.15) is 0 Å². The van der Waals surface area contributed by atoms with Crippen LogP contribution >= 0.6 is 0 Å². The largest absolute Gasteiger partial charge is 0.480 e. The van der Waals surface area contributed by atoms with E-state index in [2.05, 4.69) is 4.72 Å². The number of nitrogens with zero attached hydrogens (tertiary/aromatic N) is 1. The molecule has 122 valence electrons. The van der Waals surface area contributed by atoms with E-state index in [0.29, 0.717) is 19.4 Å². The minimum absolute atomic E-state index is 0.108. The molecule has 1 aliphatic rings. The smallest absolute Gasteiger partial charge is 0.326 e. The highest BCUT2D eigenvalue weighted by Crippen LogP contribution is 2.25. The Labute approximate surface area is 125 Å². The van der Waals surface area contributed by atoms with E-state index in [9.17, 15) is 23.1 Å². The van der Waals surface area contributed by atoms with Crippen LogP contribution in [-0.2, 0) is 19.6 Å². The Kier molecular flexibility index (Phi) is 5.75. The third-order valence-corrected chi connectivity index (χ3v) is 4.31. The maximum atomic E-state index is 12.6. The number of carbonyl (C=O) groups is 2. The molecular weight excluding hydrogens is 296 g/mol. The highest BCUT2D eigenvalue weighted by molar-refractivity contribution is 7.88. The number of rotatable bonds is 6. The number of nitrogens with one attached hydrogen (secondary N) is 1. The van der Waals surface area contributed by atoms with Crippen LogP contribution in [0.5, 0.6) is 0 Å². The van der Waals surface area contributed by atoms with E-state index in [4.69, 9.17) is 0 Å². The van der Waals surface area contributed by atoms with Crippen LogP contribution in [0.15, 0.2) is 0 Å². The third-order valence-electron chi connectivity index (χ3n) is 3.60. The van der Waals surface area contributed by atoms with Crippen LogP contribution in [0.2, 0.25) is 0 Å². The van der Waals surface area contributed by atoms with E-state index in [-0.39, 0.29) is 11.8 Å². The molecule has 3 unspecified atom stereocenters. The van der Waals surface area contributed by atoms with Crippen molar-refractivity contribution in [1.29, 1.82) is 0 Å². The van der Waals surface area contributed by atoms with E-state index >= 15 is 0 Å². The second-order valence-electron chi connectivity index (χ2n) is 6.15. The quantitative estimate of drug-likeness (QED) is 0.731. The predicted molar refractivity (Wildman–Crippen MR) is 78.1 cm³/mol. The molecule has 2 N–H and O–H groups in total. The van der Waals surface area contributed by atoms with Gasteiger partial charge in [-0.3, -0.25) is 4.79 Å². The van der Waals surface area contributed by atoms with E-state index in [1.54, 1.807) is 6.92 Å². The van der Waals surface area contributed by atoms with Crippen LogP contribution in [0.1, 0.15) is 33.6 Å². The first-order valence-corrected chi connectivity index (χ1v) is 8.92. The summed E-state index contributed by atoms with van der Waals surface area (Å²) in [6.45, 7) is 5.89. The van der Waals surface area contributed by atoms with Crippen molar-refractivity contribution in [2.75, 3.05) is 12.8 Å². The molecule has 1 aliphatic heterocycles. The number of likely N-dealkylation sites (tertiary alicyclic amines) is 1. The maximum absolute atomic E-state index is 12.6. The monoisotopic (exact) mass is 320 g/mol. The summed E-state index contributed by atoms with van der Waals surface area (Å²) in [4.78, 5) is 25.2. The molecule has 1 rings (SSSR count). The number of hydrogen-bond donors (Lipinski definition) is 2. The zero-order valence-electron chi connectivity index (χ0n) is 12.9. The highest BCUT2D eigenvalue weighted by Gasteiger charge is 2.42. The summed E-state index contributed by atoms with van der Waals surface area (Å²) in [5.41, 5.74) is 0. The Morgan fingerprint density at radius 3 is 2.38 bits per heavy atom. The normalized spacial score (nSPS) is 24.3. The zero-order chi connectivity index (χ0) is 16.4. The minimum atomic E-state index is -3.54. The molecular formula is C13H24N2O5S. The number of hydrogen-bond acceptors (Lipinski definition) is 4. The van der Waals surface area contributed by atoms with Gasteiger partial charge in [0.2, 0.25) is 15.9 Å². The summed E-state index contributed by atoms with van der Waals surface area (Å²) >= 11 is 0. The van der Waals surface area contributed by atoms with Gasteiger partial charge >= 0.3 is 5.97 Å². The molecule has 0 aromatic heterocycles. The molecule has 0 aromatic rings. The Morgan fingerprint density at radius 1 is 1.38 bits per heavy atom. The molecule has 1 fully saturated rings. The molecule has 7 nitrogen and oxygen atoms in total. The van der Waals surface area contributed by atoms with Crippen LogP contribution in [0, 0.1) is 11.8 Å². The molecule has 0 aliphatic carbocycles. The van der Waals surface area contributed by atoms with Gasteiger partial charge in [-0.05, 0) is 24.7 Å². The van der Waals surface area contributed by atoms with Gasteiger partial charge in [-0.1, -0.05) is 20.8 Å². The summed E-state index contributed by atoms with van der Waals surface area (Å²) in [6, 6.07) is -1.79. The molecule has 0 spiro atoms. The van der Waals surface area contributed by atoms with Gasteiger partial charge in [0, 0.05) is 6.54 Å². The molecule has 21 heavy (non-hydrogen) atoms. The number of aliphatic carboxylic acids is 1. The van der Waals surface area contributed by atoms with Crippen molar-refractivity contribution in [3.05, 3.63) is 0 Å². The lowest BCUT2D eigenvalue weighted by Gasteiger charge is -2.28. The van der Waals surface area contributed by atoms with Crippen LogP contribution in [-0.4, -0.2) is 55.2 Å². The lowest BCUT2D eigenvalue weighted by Crippen LogP contribution is -2.52. The van der Waals surface area contributed by atoms with Gasteiger partial charge < -0.3 is 10.0 Å². The lowest BCUT2D eigenvalue weighted by molar-refractivity contribution is -0.150. The number of amides is 1. The number of carbonyl (C=O) groups excluding carboxylic acids is 1. The molecule has 8 heteroatoms. The van der Waals surface area contributed by atoms with E-state index in [0.717, 1.165) is 6.26 Å². The maximum Gasteiger partial charge on any atom is 0.326 e. The van der Waals surface area contributed by atoms with Crippen LogP contribution in [0.4, 0.5) is 0 Å². The molecule has 0 saturated carbocycles. The van der Waals surface area contributed by atoms with Gasteiger partial charge in [-0.25, -0.2) is 17.9 Å². The number of sulfonamides is 1. The van der Waals surface area contributed by atoms with Gasteiger partial charge in [0.25, 0.3) is 0 Å². The summed E-state index contributed by atoms with van der Waals surface area (Å²) in [5, 5.41) is 9.27. The fraction of sp³-hybridized carbons (Fsp3) is 0.846. The van der Waals surface area contributed by atoms with Crippen molar-refractivity contribution < 1.29 is 23.1 Å². The van der Waals surface area contributed by atoms with Crippen molar-refractivity contribution in [3.8, 4) is 0 Å². The summed E-state index contributed by atoms with van der Waals surface area (Å²) in [7, 11) is -3.54. The second kappa shape index (κ2) is 6.74. The third kappa shape index (κ3) is 4.96. The molecule has 1 heterocycles. The first-order valence-electron chi connectivity index (χ1n) is 7.03. The molecule has 3 atom stereocenters. The van der Waals surface area contributed by atoms with Crippen molar-refractivity contribution in [3.63, 3.8) is 0 Å². The fourth-order valence-electron chi connectivity index (χ4n) is 2.70. The Morgan fingerprint density at radius 2 is 1.95 bits per heavy atom. The molecule has 0 bridgehead atoms. The summed E-state index contributed by atoms with van der Waals surface area (Å²) < 4.78 is 25.2. The van der Waals surface area contributed by atoms with Gasteiger partial charge in [0.1, 0.15) is 12.1 Å². The van der Waals surface area contributed by atoms with Gasteiger partial charge in [-0.15, -0.1) is 0 Å². The standard InChI is InChI=1S/C13H24N2O5S/c1-8(2)7-10(14-21(4,19)20)12(16)15-6-5-9(3)11(15)13(17)18/h8-11,14H,5-7H2,1-4H3,(H,17,18). The molecule has 1 saturated heterocycles. The Hall–Kier alpha value is -1.15. The SMILES string of the molecule is CC(C)CC(NS(C)(=O)=O)C(=O)N1CCC(C)C1C(=O)O. The topological polar surface area (TPSA) is 104 Å². The predicted octanol–water partition coefficient (Wildman–Crippen LogP) is 0.272. The van der Waals surface area contributed by atoms with Crippen LogP contribution < -0.4 is 4.72 Å². The van der Waals surface area contributed by atoms with Crippen molar-refractivity contribution in [1.82, 2.24) is 9.62 Å². The average Bonchev–Trinajstić information content (AvgIpc) is 2.66. The van der Waals surface area contributed by atoms with Gasteiger partial charge in [0.15, 0.2) is 0 Å². The summed E-state index contributed by atoms with van der Waals surface area (Å²) in [5.74, 6) is -1.53. The molecule has 0 radical (unpaired) electrons. The van der Waals surface area contributed by atoms with Gasteiger partial charge in [0.05, 0.1) is 6.26 Å². The first-order chi connectivity index (χ1) is 9.53. The first kappa shape index (κ1) is 17.9. The summed E-state index contributed by atoms with van der Waals surface area (Å²) in [6.07, 6.45) is 1.94. The number of carboxylic acids is 1. The molecule has 1 amide bonds. The Bertz CT molecular complexity index is 503.